The van der Waals surface area contributed by atoms with Crippen molar-refractivity contribution in [3.8, 4) is 0 Å². The van der Waals surface area contributed by atoms with Gasteiger partial charge in [-0.25, -0.2) is 0 Å². The molecule has 3 heterocycles. The Balaban J connectivity index is 1.89. The van der Waals surface area contributed by atoms with E-state index in [1.165, 1.54) is 74.2 Å². The van der Waals surface area contributed by atoms with Crippen LogP contribution in [-0.4, -0.2) is 44.5 Å². The number of rotatable bonds is 11. The number of fused-ring (bicyclic) bond motifs is 3. The number of unbranched alkanes of at least 4 members (excludes halogenated alkanes) is 3. The first-order valence-electron chi connectivity index (χ1n) is 12.9. The summed E-state index contributed by atoms with van der Waals surface area (Å²) in [5, 5.41) is 0. The van der Waals surface area contributed by atoms with Crippen LogP contribution in [0.15, 0.2) is 0 Å². The molecule has 1 aliphatic carbocycles. The minimum atomic E-state index is -2.70. The summed E-state index contributed by atoms with van der Waals surface area (Å²) in [5.41, 5.74) is 3.10. The molecule has 2 aromatic heterocycles. The van der Waals surface area contributed by atoms with E-state index in [4.69, 9.17) is 19.7 Å². The maximum atomic E-state index is 6.08. The fraction of sp³-hybridized carbons (Fsp3) is 0.800. The van der Waals surface area contributed by atoms with Gasteiger partial charge in [0.05, 0.1) is 0 Å². The molecule has 5 nitrogen and oxygen atoms in total. The summed E-state index contributed by atoms with van der Waals surface area (Å²) in [7, 11) is 0. The van der Waals surface area contributed by atoms with Gasteiger partial charge in [-0.15, -0.1) is 0 Å². The second-order valence-corrected chi connectivity index (χ2v) is 23.3. The Hall–Kier alpha value is -0.691. The number of hydrogen-bond acceptors (Lipinski definition) is 4. The molecule has 1 fully saturated rings. The van der Waals surface area contributed by atoms with Crippen molar-refractivity contribution >= 4 is 33.4 Å². The van der Waals surface area contributed by atoms with E-state index in [1.807, 2.05) is 0 Å². The normalized spacial score (nSPS) is 18.5. The zero-order valence-electron chi connectivity index (χ0n) is 20.5. The summed E-state index contributed by atoms with van der Waals surface area (Å²) in [6.45, 7) is 12.9. The molecule has 172 valence electrons. The number of nitrogens with zero attached hydrogens (tertiary/aromatic N) is 4. The molecule has 1 aliphatic heterocycles. The summed E-state index contributed by atoms with van der Waals surface area (Å²) in [4.78, 5) is 16.0. The van der Waals surface area contributed by atoms with E-state index >= 15 is 0 Å². The number of hydrogen-bond donors (Lipinski definition) is 0. The molecule has 0 saturated heterocycles. The van der Waals surface area contributed by atoms with Gasteiger partial charge in [0.1, 0.15) is 0 Å². The van der Waals surface area contributed by atoms with Crippen molar-refractivity contribution in [3.05, 3.63) is 11.5 Å². The summed E-state index contributed by atoms with van der Waals surface area (Å²) < 4.78 is 14.0. The topological polar surface area (TPSA) is 52.8 Å². The van der Waals surface area contributed by atoms with E-state index in [2.05, 4.69) is 39.2 Å². The van der Waals surface area contributed by atoms with Crippen LogP contribution >= 0.6 is 0 Å². The summed E-state index contributed by atoms with van der Waals surface area (Å²) >= 11 is -2.70. The summed E-state index contributed by atoms with van der Waals surface area (Å²) in [6, 6.07) is 0. The molecule has 4 rings (SSSR count). The third-order valence-corrected chi connectivity index (χ3v) is 22.0. The molecular weight excluding hydrogens is 491 g/mol. The first kappa shape index (κ1) is 23.5. The molecule has 0 spiro atoms. The molecule has 2 aliphatic rings. The molecule has 0 unspecified atom stereocenters. The predicted octanol–water partition coefficient (Wildman–Crippen LogP) is 6.03. The van der Waals surface area contributed by atoms with Gasteiger partial charge in [0, 0.05) is 0 Å². The summed E-state index contributed by atoms with van der Waals surface area (Å²) in [6.07, 6.45) is 10.4. The summed E-state index contributed by atoms with van der Waals surface area (Å²) in [5.74, 6) is 1.64. The van der Waals surface area contributed by atoms with E-state index in [0.717, 1.165) is 30.1 Å². The van der Waals surface area contributed by atoms with Crippen molar-refractivity contribution in [1.29, 1.82) is 0 Å². The van der Waals surface area contributed by atoms with Gasteiger partial charge in [0.15, 0.2) is 0 Å². The van der Waals surface area contributed by atoms with Crippen molar-refractivity contribution < 1.29 is 4.74 Å². The molecule has 31 heavy (non-hydrogen) atoms. The van der Waals surface area contributed by atoms with Crippen LogP contribution in [0.3, 0.4) is 0 Å². The number of imidazole rings is 1. The van der Waals surface area contributed by atoms with Crippen LogP contribution in [0.2, 0.25) is 13.3 Å². The Kier molecular flexibility index (Phi) is 7.31. The van der Waals surface area contributed by atoms with Gasteiger partial charge in [-0.3, -0.25) is 0 Å². The second-order valence-electron chi connectivity index (χ2n) is 10.4. The zero-order chi connectivity index (χ0) is 22.1. The Morgan fingerprint density at radius 3 is 2.10 bits per heavy atom. The molecule has 0 N–H and O–H groups in total. The maximum absolute atomic E-state index is 6.08. The predicted molar refractivity (Wildman–Crippen MR) is 131 cm³/mol. The first-order chi connectivity index (χ1) is 15.0. The van der Waals surface area contributed by atoms with Gasteiger partial charge in [0.2, 0.25) is 0 Å². The monoisotopic (exact) mass is 534 g/mol. The molecule has 0 amide bonds. The number of aromatic nitrogens is 4. The minimum absolute atomic E-state index is 0.354. The standard InChI is InChI=1S/C13H15N4O.3C4H9.Sn/c1-13(2)12-16-10-9(8-3-4-8)14-7-15-11(10)17(12)5-6-18-13;3*1-3-4-2;/h8H,3-6H2,1-2H3;3*1,3-4H2,2H3;. The van der Waals surface area contributed by atoms with E-state index in [0.29, 0.717) is 5.92 Å². The first-order valence-corrected chi connectivity index (χ1v) is 20.4. The molecule has 1 saturated carbocycles. The molecular formula is C25H42N4OSn. The Bertz CT molecular complexity index is 881. The van der Waals surface area contributed by atoms with Crippen LogP contribution in [0.25, 0.3) is 11.2 Å². The molecule has 0 aromatic carbocycles. The Morgan fingerprint density at radius 2 is 1.55 bits per heavy atom. The molecule has 0 bridgehead atoms. The van der Waals surface area contributed by atoms with Crippen LogP contribution in [0.1, 0.15) is 103 Å². The molecule has 0 radical (unpaired) electrons. The van der Waals surface area contributed by atoms with Gasteiger partial charge in [-0.1, -0.05) is 0 Å². The van der Waals surface area contributed by atoms with Gasteiger partial charge >= 0.3 is 193 Å². The van der Waals surface area contributed by atoms with Gasteiger partial charge in [-0.05, 0) is 0 Å². The zero-order valence-corrected chi connectivity index (χ0v) is 23.3. The van der Waals surface area contributed by atoms with E-state index in [-0.39, 0.29) is 5.60 Å². The fourth-order valence-corrected chi connectivity index (χ4v) is 20.2. The van der Waals surface area contributed by atoms with Crippen molar-refractivity contribution in [2.75, 3.05) is 6.61 Å². The average molecular weight is 533 g/mol. The third kappa shape index (κ3) is 4.68. The molecule has 0 atom stereocenters. The van der Waals surface area contributed by atoms with E-state index in [9.17, 15) is 0 Å². The number of ether oxygens (including phenoxy) is 1. The van der Waals surface area contributed by atoms with Crippen molar-refractivity contribution in [2.45, 2.75) is 117 Å². The van der Waals surface area contributed by atoms with Gasteiger partial charge in [0.25, 0.3) is 0 Å². The van der Waals surface area contributed by atoms with Crippen molar-refractivity contribution in [2.24, 2.45) is 0 Å². The quantitative estimate of drug-likeness (QED) is 0.332. The second kappa shape index (κ2) is 9.66. The third-order valence-electron chi connectivity index (χ3n) is 7.40. The van der Waals surface area contributed by atoms with Crippen LogP contribution in [0.4, 0.5) is 0 Å². The van der Waals surface area contributed by atoms with Crippen molar-refractivity contribution in [3.63, 3.8) is 0 Å². The SMILES string of the molecule is CCC[CH2][Sn]([CH2]CCC)([CH2]CCC)[c]1nc(C2CC2)c2nc3n(c2n1)CCOC3(C)C. The van der Waals surface area contributed by atoms with Gasteiger partial charge in [-0.2, -0.15) is 0 Å². The van der Waals surface area contributed by atoms with Crippen LogP contribution in [0.5, 0.6) is 0 Å². The van der Waals surface area contributed by atoms with Crippen LogP contribution < -0.4 is 3.84 Å². The van der Waals surface area contributed by atoms with Crippen LogP contribution in [0, 0.1) is 0 Å². The Morgan fingerprint density at radius 1 is 0.935 bits per heavy atom. The van der Waals surface area contributed by atoms with Gasteiger partial charge < -0.3 is 0 Å². The van der Waals surface area contributed by atoms with E-state index < -0.39 is 18.4 Å². The average Bonchev–Trinajstić information content (AvgIpc) is 3.53. The van der Waals surface area contributed by atoms with Crippen LogP contribution in [-0.2, 0) is 16.9 Å². The van der Waals surface area contributed by atoms with Crippen molar-refractivity contribution in [1.82, 2.24) is 19.5 Å². The van der Waals surface area contributed by atoms with E-state index in [1.54, 1.807) is 0 Å². The molecule has 6 heteroatoms. The Labute approximate surface area is 192 Å². The fourth-order valence-electron chi connectivity index (χ4n) is 5.28. The molecule has 2 aromatic rings.